The molecule has 1 aromatic rings. The summed E-state index contributed by atoms with van der Waals surface area (Å²) < 4.78 is 40.2. The normalized spacial score (nSPS) is 24.8. The first-order valence-electron chi connectivity index (χ1n) is 6.60. The second kappa shape index (κ2) is 5.83. The van der Waals surface area contributed by atoms with Gasteiger partial charge in [-0.3, -0.25) is 0 Å². The molecule has 118 valence electrons. The topological polar surface area (TPSA) is 83.6 Å². The molecule has 1 heterocycles. The number of nitrogen functional groups attached to an aromatic ring is 1. The van der Waals surface area contributed by atoms with Crippen LogP contribution in [0.15, 0.2) is 21.5 Å². The van der Waals surface area contributed by atoms with Crippen LogP contribution in [0.1, 0.15) is 26.2 Å². The summed E-state index contributed by atoms with van der Waals surface area (Å²) in [5.74, 6) is -0.667. The average molecular weight is 381 g/mol. The van der Waals surface area contributed by atoms with Crippen molar-refractivity contribution in [3.63, 3.8) is 0 Å². The summed E-state index contributed by atoms with van der Waals surface area (Å²) in [6, 6.07) is 2.17. The number of benzene rings is 1. The fourth-order valence-electron chi connectivity index (χ4n) is 2.36. The van der Waals surface area contributed by atoms with Crippen molar-refractivity contribution in [3.8, 4) is 0 Å². The maximum absolute atomic E-state index is 13.4. The molecule has 1 unspecified atom stereocenters. The SMILES string of the molecule is CC1(O)CCCN(S(=O)(=O)c2cc(N)c(F)cc2Br)CC1. The summed E-state index contributed by atoms with van der Waals surface area (Å²) >= 11 is 3.07. The molecular formula is C13H18BrFN2O3S. The molecule has 0 saturated carbocycles. The number of hydrogen-bond donors (Lipinski definition) is 2. The summed E-state index contributed by atoms with van der Waals surface area (Å²) in [6.07, 6.45) is 1.48. The molecule has 0 aromatic heterocycles. The van der Waals surface area contributed by atoms with Crippen molar-refractivity contribution >= 4 is 31.6 Å². The quantitative estimate of drug-likeness (QED) is 0.769. The van der Waals surface area contributed by atoms with Gasteiger partial charge < -0.3 is 10.8 Å². The van der Waals surface area contributed by atoms with Crippen LogP contribution >= 0.6 is 15.9 Å². The van der Waals surface area contributed by atoms with Gasteiger partial charge >= 0.3 is 0 Å². The molecule has 2 rings (SSSR count). The molecule has 8 heteroatoms. The van der Waals surface area contributed by atoms with Gasteiger partial charge in [-0.05, 0) is 54.2 Å². The van der Waals surface area contributed by atoms with Gasteiger partial charge in [0.1, 0.15) is 5.82 Å². The van der Waals surface area contributed by atoms with Gasteiger partial charge in [-0.15, -0.1) is 0 Å². The predicted molar refractivity (Wildman–Crippen MR) is 81.7 cm³/mol. The zero-order valence-electron chi connectivity index (χ0n) is 11.6. The average Bonchev–Trinajstić information content (AvgIpc) is 2.55. The highest BCUT2D eigenvalue weighted by Gasteiger charge is 2.32. The van der Waals surface area contributed by atoms with E-state index >= 15 is 0 Å². The molecule has 21 heavy (non-hydrogen) atoms. The Morgan fingerprint density at radius 2 is 2.05 bits per heavy atom. The maximum atomic E-state index is 13.4. The van der Waals surface area contributed by atoms with Gasteiger partial charge in [-0.2, -0.15) is 4.31 Å². The Morgan fingerprint density at radius 3 is 2.71 bits per heavy atom. The highest BCUT2D eigenvalue weighted by molar-refractivity contribution is 9.10. The highest BCUT2D eigenvalue weighted by atomic mass is 79.9. The number of aliphatic hydroxyl groups is 1. The molecule has 0 bridgehead atoms. The van der Waals surface area contributed by atoms with Gasteiger partial charge in [0, 0.05) is 17.6 Å². The fourth-order valence-corrected chi connectivity index (χ4v) is 4.85. The third kappa shape index (κ3) is 3.56. The summed E-state index contributed by atoms with van der Waals surface area (Å²) in [5.41, 5.74) is 4.40. The predicted octanol–water partition coefficient (Wildman–Crippen LogP) is 2.10. The van der Waals surface area contributed by atoms with E-state index in [2.05, 4.69) is 15.9 Å². The number of nitrogens with zero attached hydrogens (tertiary/aromatic N) is 1. The number of rotatable bonds is 2. The van der Waals surface area contributed by atoms with E-state index < -0.39 is 21.4 Å². The van der Waals surface area contributed by atoms with Crippen molar-refractivity contribution in [1.29, 1.82) is 0 Å². The van der Waals surface area contributed by atoms with Crippen molar-refractivity contribution in [2.45, 2.75) is 36.7 Å². The van der Waals surface area contributed by atoms with Crippen LogP contribution in [0.5, 0.6) is 0 Å². The monoisotopic (exact) mass is 380 g/mol. The Hall–Kier alpha value is -0.700. The molecule has 3 N–H and O–H groups in total. The molecule has 5 nitrogen and oxygen atoms in total. The van der Waals surface area contributed by atoms with Crippen molar-refractivity contribution in [2.75, 3.05) is 18.8 Å². The minimum Gasteiger partial charge on any atom is -0.396 e. The van der Waals surface area contributed by atoms with Gasteiger partial charge in [0.25, 0.3) is 0 Å². The van der Waals surface area contributed by atoms with E-state index in [4.69, 9.17) is 5.73 Å². The standard InChI is InChI=1S/C13H18BrFN2O3S/c1-13(18)3-2-5-17(6-4-13)21(19,20)12-8-11(16)10(15)7-9(12)14/h7-8,18H,2-6,16H2,1H3. The maximum Gasteiger partial charge on any atom is 0.244 e. The van der Waals surface area contributed by atoms with Crippen molar-refractivity contribution in [3.05, 3.63) is 22.4 Å². The smallest absolute Gasteiger partial charge is 0.244 e. The van der Waals surface area contributed by atoms with Gasteiger partial charge in [0.05, 0.1) is 16.2 Å². The summed E-state index contributed by atoms with van der Waals surface area (Å²) in [4.78, 5) is -0.0528. The Bertz CT molecular complexity index is 649. The van der Waals surface area contributed by atoms with Crippen LogP contribution < -0.4 is 5.73 Å². The molecule has 0 aliphatic carbocycles. The van der Waals surface area contributed by atoms with E-state index in [-0.39, 0.29) is 21.6 Å². The van der Waals surface area contributed by atoms with E-state index in [0.717, 1.165) is 12.1 Å². The van der Waals surface area contributed by atoms with Crippen molar-refractivity contribution in [1.82, 2.24) is 4.31 Å². The van der Waals surface area contributed by atoms with E-state index in [1.807, 2.05) is 0 Å². The van der Waals surface area contributed by atoms with Crippen LogP contribution in [0.2, 0.25) is 0 Å². The third-order valence-corrected chi connectivity index (χ3v) is 6.55. The Morgan fingerprint density at radius 1 is 1.38 bits per heavy atom. The molecule has 0 spiro atoms. The number of sulfonamides is 1. The molecule has 1 aromatic carbocycles. The third-order valence-electron chi connectivity index (χ3n) is 3.69. The van der Waals surface area contributed by atoms with Crippen LogP contribution in [0.25, 0.3) is 0 Å². The number of halogens is 2. The Balaban J connectivity index is 2.36. The van der Waals surface area contributed by atoms with Gasteiger partial charge in [-0.25, -0.2) is 12.8 Å². The van der Waals surface area contributed by atoms with Gasteiger partial charge in [0.2, 0.25) is 10.0 Å². The van der Waals surface area contributed by atoms with E-state index in [1.54, 1.807) is 6.92 Å². The zero-order chi connectivity index (χ0) is 15.8. The van der Waals surface area contributed by atoms with E-state index in [1.165, 1.54) is 4.31 Å². The molecule has 1 saturated heterocycles. The van der Waals surface area contributed by atoms with Crippen molar-refractivity contribution < 1.29 is 17.9 Å². The molecular weight excluding hydrogens is 363 g/mol. The molecule has 1 aliphatic rings. The summed E-state index contributed by atoms with van der Waals surface area (Å²) in [6.45, 7) is 2.25. The lowest BCUT2D eigenvalue weighted by molar-refractivity contribution is 0.0465. The van der Waals surface area contributed by atoms with Gasteiger partial charge in [-0.1, -0.05) is 0 Å². The molecule has 1 atom stereocenters. The van der Waals surface area contributed by atoms with Crippen molar-refractivity contribution in [2.24, 2.45) is 0 Å². The van der Waals surface area contributed by atoms with Gasteiger partial charge in [0.15, 0.2) is 0 Å². The highest BCUT2D eigenvalue weighted by Crippen LogP contribution is 2.31. The van der Waals surface area contributed by atoms with Crippen LogP contribution in [0.3, 0.4) is 0 Å². The molecule has 1 aliphatic heterocycles. The minimum atomic E-state index is -3.78. The summed E-state index contributed by atoms with van der Waals surface area (Å²) in [7, 11) is -3.78. The first-order valence-corrected chi connectivity index (χ1v) is 8.84. The Kier molecular flexibility index (Phi) is 4.63. The number of nitrogens with two attached hydrogens (primary N) is 1. The fraction of sp³-hybridized carbons (Fsp3) is 0.538. The minimum absolute atomic E-state index is 0.0528. The lowest BCUT2D eigenvalue weighted by atomic mass is 9.98. The van der Waals surface area contributed by atoms with Crippen LogP contribution in [-0.4, -0.2) is 36.5 Å². The van der Waals surface area contributed by atoms with E-state index in [9.17, 15) is 17.9 Å². The second-order valence-electron chi connectivity index (χ2n) is 5.56. The number of hydrogen-bond acceptors (Lipinski definition) is 4. The Labute approximate surface area is 132 Å². The van der Waals surface area contributed by atoms with Crippen LogP contribution in [0, 0.1) is 5.82 Å². The largest absolute Gasteiger partial charge is 0.396 e. The lowest BCUT2D eigenvalue weighted by Crippen LogP contribution is -2.33. The molecule has 0 radical (unpaired) electrons. The zero-order valence-corrected chi connectivity index (χ0v) is 14.0. The second-order valence-corrected chi connectivity index (χ2v) is 8.32. The summed E-state index contributed by atoms with van der Waals surface area (Å²) in [5, 5.41) is 10.0. The van der Waals surface area contributed by atoms with Crippen LogP contribution in [0.4, 0.5) is 10.1 Å². The first kappa shape index (κ1) is 16.7. The molecule has 0 amide bonds. The lowest BCUT2D eigenvalue weighted by Gasteiger charge is -2.23. The van der Waals surface area contributed by atoms with E-state index in [0.29, 0.717) is 25.8 Å². The first-order chi connectivity index (χ1) is 9.63. The number of anilines is 1. The molecule has 1 fully saturated rings. The van der Waals surface area contributed by atoms with Crippen LogP contribution in [-0.2, 0) is 10.0 Å².